The van der Waals surface area contributed by atoms with Crippen LogP contribution >= 0.6 is 27.5 Å². The van der Waals surface area contributed by atoms with E-state index in [9.17, 15) is 0 Å². The van der Waals surface area contributed by atoms with Crippen LogP contribution in [0.2, 0.25) is 5.02 Å². The maximum atomic E-state index is 6.17. The van der Waals surface area contributed by atoms with Gasteiger partial charge in [0.2, 0.25) is 0 Å². The number of halogens is 2. The highest BCUT2D eigenvalue weighted by molar-refractivity contribution is 9.08. The van der Waals surface area contributed by atoms with Crippen LogP contribution in [0, 0.1) is 0 Å². The molecule has 4 heteroatoms. The second-order valence-corrected chi connectivity index (χ2v) is 4.43. The highest BCUT2D eigenvalue weighted by Crippen LogP contribution is 2.23. The van der Waals surface area contributed by atoms with Gasteiger partial charge in [0.25, 0.3) is 0 Å². The van der Waals surface area contributed by atoms with Gasteiger partial charge in [-0.1, -0.05) is 46.6 Å². The topological polar surface area (TPSA) is 17.8 Å². The Morgan fingerprint density at radius 2 is 2.12 bits per heavy atom. The molecular formula is C12H12BrClN2. The summed E-state index contributed by atoms with van der Waals surface area (Å²) in [4.78, 5) is 0. The van der Waals surface area contributed by atoms with Gasteiger partial charge < -0.3 is 0 Å². The molecule has 0 radical (unpaired) electrons. The van der Waals surface area contributed by atoms with Crippen LogP contribution < -0.4 is 0 Å². The Morgan fingerprint density at radius 3 is 2.75 bits per heavy atom. The van der Waals surface area contributed by atoms with Crippen molar-refractivity contribution in [2.75, 3.05) is 0 Å². The zero-order valence-corrected chi connectivity index (χ0v) is 11.3. The SMILES string of the molecule is CCc1c(CBr)cnn1-c1ccccc1Cl. The maximum absolute atomic E-state index is 6.17. The third-order valence-corrected chi connectivity index (χ3v) is 3.44. The number of hydrogen-bond donors (Lipinski definition) is 0. The Hall–Kier alpha value is -0.800. The Kier molecular flexibility index (Phi) is 3.66. The number of para-hydroxylation sites is 1. The summed E-state index contributed by atoms with van der Waals surface area (Å²) in [6, 6.07) is 7.75. The molecule has 84 valence electrons. The van der Waals surface area contributed by atoms with Crippen LogP contribution in [-0.2, 0) is 11.8 Å². The number of alkyl halides is 1. The normalized spacial score (nSPS) is 10.7. The molecule has 0 atom stereocenters. The smallest absolute Gasteiger partial charge is 0.0835 e. The van der Waals surface area contributed by atoms with E-state index in [2.05, 4.69) is 28.0 Å². The molecule has 1 aromatic carbocycles. The molecule has 0 bridgehead atoms. The van der Waals surface area contributed by atoms with E-state index < -0.39 is 0 Å². The predicted octanol–water partition coefficient (Wildman–Crippen LogP) is 3.98. The zero-order valence-electron chi connectivity index (χ0n) is 8.95. The van der Waals surface area contributed by atoms with Gasteiger partial charge in [0.15, 0.2) is 0 Å². The van der Waals surface area contributed by atoms with Crippen molar-refractivity contribution in [1.29, 1.82) is 0 Å². The Labute approximate surface area is 108 Å². The van der Waals surface area contributed by atoms with E-state index in [1.165, 1.54) is 11.3 Å². The quantitative estimate of drug-likeness (QED) is 0.784. The van der Waals surface area contributed by atoms with Crippen LogP contribution in [0.1, 0.15) is 18.2 Å². The van der Waals surface area contributed by atoms with Crippen LogP contribution in [-0.4, -0.2) is 9.78 Å². The van der Waals surface area contributed by atoms with Crippen molar-refractivity contribution in [3.8, 4) is 5.69 Å². The minimum Gasteiger partial charge on any atom is -0.236 e. The molecule has 0 spiro atoms. The summed E-state index contributed by atoms with van der Waals surface area (Å²) >= 11 is 9.63. The Bertz CT molecular complexity index is 494. The second-order valence-electron chi connectivity index (χ2n) is 3.47. The lowest BCUT2D eigenvalue weighted by Gasteiger charge is -2.08. The average molecular weight is 300 g/mol. The van der Waals surface area contributed by atoms with E-state index in [4.69, 9.17) is 11.6 Å². The van der Waals surface area contributed by atoms with Gasteiger partial charge >= 0.3 is 0 Å². The first-order chi connectivity index (χ1) is 7.77. The summed E-state index contributed by atoms with van der Waals surface area (Å²) in [5.74, 6) is 0. The Morgan fingerprint density at radius 1 is 1.38 bits per heavy atom. The number of nitrogens with zero attached hydrogens (tertiary/aromatic N) is 2. The molecule has 1 aromatic heterocycles. The average Bonchev–Trinajstić information content (AvgIpc) is 2.72. The van der Waals surface area contributed by atoms with Crippen molar-refractivity contribution >= 4 is 27.5 Å². The van der Waals surface area contributed by atoms with Crippen LogP contribution in [0.15, 0.2) is 30.5 Å². The van der Waals surface area contributed by atoms with Gasteiger partial charge in [-0.25, -0.2) is 4.68 Å². The molecule has 2 rings (SSSR count). The summed E-state index contributed by atoms with van der Waals surface area (Å²) in [7, 11) is 0. The third kappa shape index (κ3) is 2.02. The molecule has 2 nitrogen and oxygen atoms in total. The van der Waals surface area contributed by atoms with Crippen molar-refractivity contribution in [3.63, 3.8) is 0 Å². The fraction of sp³-hybridized carbons (Fsp3) is 0.250. The lowest BCUT2D eigenvalue weighted by Crippen LogP contribution is -2.02. The molecule has 0 saturated heterocycles. The van der Waals surface area contributed by atoms with Crippen LogP contribution in [0.25, 0.3) is 5.69 Å². The lowest BCUT2D eigenvalue weighted by atomic mass is 10.2. The van der Waals surface area contributed by atoms with E-state index in [1.807, 2.05) is 35.1 Å². The van der Waals surface area contributed by atoms with Crippen LogP contribution in [0.5, 0.6) is 0 Å². The van der Waals surface area contributed by atoms with Gasteiger partial charge in [0.1, 0.15) is 0 Å². The zero-order chi connectivity index (χ0) is 11.5. The number of hydrogen-bond acceptors (Lipinski definition) is 1. The van der Waals surface area contributed by atoms with Crippen molar-refractivity contribution in [2.45, 2.75) is 18.7 Å². The van der Waals surface area contributed by atoms with Crippen molar-refractivity contribution in [3.05, 3.63) is 46.7 Å². The molecule has 0 amide bonds. The first-order valence-electron chi connectivity index (χ1n) is 5.14. The molecule has 0 aliphatic carbocycles. The number of rotatable bonds is 3. The van der Waals surface area contributed by atoms with E-state index in [0.29, 0.717) is 0 Å². The largest absolute Gasteiger partial charge is 0.236 e. The van der Waals surface area contributed by atoms with Crippen LogP contribution in [0.4, 0.5) is 0 Å². The summed E-state index contributed by atoms with van der Waals surface area (Å²) < 4.78 is 1.92. The molecule has 0 aliphatic rings. The van der Waals surface area contributed by atoms with Crippen molar-refractivity contribution < 1.29 is 0 Å². The first kappa shape index (κ1) is 11.7. The van der Waals surface area contributed by atoms with Crippen LogP contribution in [0.3, 0.4) is 0 Å². The fourth-order valence-corrected chi connectivity index (χ4v) is 2.41. The molecule has 2 aromatic rings. The fourth-order valence-electron chi connectivity index (χ4n) is 1.73. The molecule has 0 N–H and O–H groups in total. The summed E-state index contributed by atoms with van der Waals surface area (Å²) in [5.41, 5.74) is 3.35. The standard InChI is InChI=1S/C12H12BrClN2/c1-2-11-9(7-13)8-15-16(11)12-6-4-3-5-10(12)14/h3-6,8H,2,7H2,1H3. The highest BCUT2D eigenvalue weighted by Gasteiger charge is 2.11. The van der Waals surface area contributed by atoms with E-state index in [-0.39, 0.29) is 0 Å². The summed E-state index contributed by atoms with van der Waals surface area (Å²) in [5, 5.41) is 5.93. The van der Waals surface area contributed by atoms with Gasteiger partial charge in [-0.05, 0) is 18.6 Å². The number of aromatic nitrogens is 2. The van der Waals surface area contributed by atoms with E-state index >= 15 is 0 Å². The van der Waals surface area contributed by atoms with Gasteiger partial charge in [-0.15, -0.1) is 0 Å². The highest BCUT2D eigenvalue weighted by atomic mass is 79.9. The van der Waals surface area contributed by atoms with Gasteiger partial charge in [-0.3, -0.25) is 0 Å². The second kappa shape index (κ2) is 5.02. The molecule has 1 heterocycles. The minimum atomic E-state index is 0.724. The van der Waals surface area contributed by atoms with Crippen molar-refractivity contribution in [1.82, 2.24) is 9.78 Å². The molecule has 0 fully saturated rings. The van der Waals surface area contributed by atoms with Gasteiger partial charge in [0, 0.05) is 16.6 Å². The first-order valence-corrected chi connectivity index (χ1v) is 6.64. The Balaban J connectivity index is 2.56. The maximum Gasteiger partial charge on any atom is 0.0835 e. The predicted molar refractivity (Wildman–Crippen MR) is 70.6 cm³/mol. The summed E-state index contributed by atoms with van der Waals surface area (Å²) in [6.45, 7) is 2.12. The van der Waals surface area contributed by atoms with E-state index in [1.54, 1.807) is 0 Å². The molecule has 16 heavy (non-hydrogen) atoms. The summed E-state index contributed by atoms with van der Waals surface area (Å²) in [6.07, 6.45) is 2.82. The van der Waals surface area contributed by atoms with Gasteiger partial charge in [-0.2, -0.15) is 5.10 Å². The lowest BCUT2D eigenvalue weighted by molar-refractivity contribution is 0.811. The molecule has 0 aliphatic heterocycles. The molecule has 0 saturated carbocycles. The number of benzene rings is 1. The molecule has 0 unspecified atom stereocenters. The minimum absolute atomic E-state index is 0.724. The third-order valence-electron chi connectivity index (χ3n) is 2.51. The monoisotopic (exact) mass is 298 g/mol. The van der Waals surface area contributed by atoms with Crippen molar-refractivity contribution in [2.24, 2.45) is 0 Å². The van der Waals surface area contributed by atoms with Gasteiger partial charge in [0.05, 0.1) is 16.9 Å². The van der Waals surface area contributed by atoms with E-state index in [0.717, 1.165) is 22.5 Å². The molecular weight excluding hydrogens is 288 g/mol.